The van der Waals surface area contributed by atoms with Gasteiger partial charge in [0.05, 0.1) is 5.56 Å². The summed E-state index contributed by atoms with van der Waals surface area (Å²) in [5.74, 6) is -0.940. The minimum absolute atomic E-state index is 0.0349. The van der Waals surface area contributed by atoms with Gasteiger partial charge in [0.1, 0.15) is 0 Å². The van der Waals surface area contributed by atoms with E-state index in [1.807, 2.05) is 27.7 Å². The Morgan fingerprint density at radius 1 is 1.25 bits per heavy atom. The summed E-state index contributed by atoms with van der Waals surface area (Å²) in [4.78, 5) is 22.7. The van der Waals surface area contributed by atoms with E-state index in [9.17, 15) is 9.59 Å². The normalized spacial score (nSPS) is 11.1. The molecule has 0 saturated heterocycles. The van der Waals surface area contributed by atoms with Crippen LogP contribution in [0.25, 0.3) is 0 Å². The lowest BCUT2D eigenvalue weighted by Gasteiger charge is -2.19. The standard InChI is InChI=1S/C12H17NO3/c1-7(2)10-5-9(12(15)16)6-11(14)13(10)8(3)4/h5-8H,1-4H3,(H,15,16). The van der Waals surface area contributed by atoms with Crippen molar-refractivity contribution in [1.82, 2.24) is 4.57 Å². The summed E-state index contributed by atoms with van der Waals surface area (Å²) >= 11 is 0. The number of nitrogens with zero attached hydrogens (tertiary/aromatic N) is 1. The molecule has 1 N–H and O–H groups in total. The van der Waals surface area contributed by atoms with Gasteiger partial charge in [0.25, 0.3) is 5.56 Å². The van der Waals surface area contributed by atoms with E-state index in [2.05, 4.69) is 0 Å². The fourth-order valence-corrected chi connectivity index (χ4v) is 1.72. The summed E-state index contributed by atoms with van der Waals surface area (Å²) < 4.78 is 1.64. The van der Waals surface area contributed by atoms with Gasteiger partial charge in [0.15, 0.2) is 0 Å². The second kappa shape index (κ2) is 4.51. The zero-order valence-electron chi connectivity index (χ0n) is 10.0. The molecule has 0 aliphatic carbocycles. The molecule has 0 atom stereocenters. The highest BCUT2D eigenvalue weighted by atomic mass is 16.4. The van der Waals surface area contributed by atoms with Crippen molar-refractivity contribution in [3.05, 3.63) is 33.7 Å². The summed E-state index contributed by atoms with van der Waals surface area (Å²) in [6.07, 6.45) is 0. The van der Waals surface area contributed by atoms with Crippen molar-refractivity contribution in [2.24, 2.45) is 0 Å². The van der Waals surface area contributed by atoms with Gasteiger partial charge in [-0.05, 0) is 25.8 Å². The first-order chi connectivity index (χ1) is 7.34. The lowest BCUT2D eigenvalue weighted by Crippen LogP contribution is -2.26. The number of hydrogen-bond acceptors (Lipinski definition) is 2. The van der Waals surface area contributed by atoms with Gasteiger partial charge in [0, 0.05) is 17.8 Å². The number of carbonyl (C=O) groups is 1. The Bertz CT molecular complexity index is 458. The quantitative estimate of drug-likeness (QED) is 0.855. The molecule has 0 radical (unpaired) electrons. The van der Waals surface area contributed by atoms with Crippen LogP contribution in [0.4, 0.5) is 0 Å². The molecule has 0 bridgehead atoms. The molecule has 4 heteroatoms. The molecule has 16 heavy (non-hydrogen) atoms. The van der Waals surface area contributed by atoms with Crippen LogP contribution in [0.3, 0.4) is 0 Å². The predicted octanol–water partition coefficient (Wildman–Crippen LogP) is 2.25. The summed E-state index contributed by atoms with van der Waals surface area (Å²) in [7, 11) is 0. The van der Waals surface area contributed by atoms with Crippen LogP contribution in [0.5, 0.6) is 0 Å². The van der Waals surface area contributed by atoms with Crippen molar-refractivity contribution in [3.8, 4) is 0 Å². The van der Waals surface area contributed by atoms with E-state index in [0.717, 1.165) is 5.69 Å². The maximum atomic E-state index is 11.8. The first-order valence-corrected chi connectivity index (χ1v) is 5.34. The van der Waals surface area contributed by atoms with Crippen molar-refractivity contribution in [1.29, 1.82) is 0 Å². The maximum Gasteiger partial charge on any atom is 0.335 e. The van der Waals surface area contributed by atoms with Gasteiger partial charge in [0.2, 0.25) is 0 Å². The number of rotatable bonds is 3. The molecule has 0 spiro atoms. The number of carboxylic acid groups (broad SMARTS) is 1. The van der Waals surface area contributed by atoms with Crippen LogP contribution in [0.2, 0.25) is 0 Å². The number of aromatic nitrogens is 1. The molecule has 1 aromatic rings. The third-order valence-corrected chi connectivity index (χ3v) is 2.45. The predicted molar refractivity (Wildman–Crippen MR) is 62.1 cm³/mol. The monoisotopic (exact) mass is 223 g/mol. The Kier molecular flexibility index (Phi) is 3.52. The number of aromatic carboxylic acids is 1. The van der Waals surface area contributed by atoms with Gasteiger partial charge < -0.3 is 9.67 Å². The molecular formula is C12H17NO3. The topological polar surface area (TPSA) is 59.3 Å². The molecule has 4 nitrogen and oxygen atoms in total. The van der Waals surface area contributed by atoms with Gasteiger partial charge >= 0.3 is 5.97 Å². The van der Waals surface area contributed by atoms with E-state index in [4.69, 9.17) is 5.11 Å². The molecule has 0 fully saturated rings. The Balaban J connectivity index is 3.52. The molecule has 0 aromatic carbocycles. The number of carboxylic acids is 1. The number of hydrogen-bond donors (Lipinski definition) is 1. The summed E-state index contributed by atoms with van der Waals surface area (Å²) in [5, 5.41) is 8.90. The summed E-state index contributed by atoms with van der Waals surface area (Å²) in [6.45, 7) is 7.71. The van der Waals surface area contributed by atoms with Gasteiger partial charge in [-0.15, -0.1) is 0 Å². The fraction of sp³-hybridized carbons (Fsp3) is 0.500. The average Bonchev–Trinajstić information content (AvgIpc) is 2.15. The van der Waals surface area contributed by atoms with E-state index >= 15 is 0 Å². The van der Waals surface area contributed by atoms with E-state index in [-0.39, 0.29) is 23.1 Å². The van der Waals surface area contributed by atoms with E-state index < -0.39 is 5.97 Å². The van der Waals surface area contributed by atoms with E-state index in [0.29, 0.717) is 0 Å². The second-order valence-electron chi connectivity index (χ2n) is 4.43. The smallest absolute Gasteiger partial charge is 0.335 e. The van der Waals surface area contributed by atoms with Gasteiger partial charge in [-0.25, -0.2) is 4.79 Å². The lowest BCUT2D eigenvalue weighted by atomic mass is 10.1. The highest BCUT2D eigenvalue weighted by Crippen LogP contribution is 2.17. The van der Waals surface area contributed by atoms with Crippen molar-refractivity contribution in [2.45, 2.75) is 39.7 Å². The summed E-state index contributed by atoms with van der Waals surface area (Å²) in [6, 6.07) is 2.79. The zero-order chi connectivity index (χ0) is 12.5. The Morgan fingerprint density at radius 3 is 2.19 bits per heavy atom. The third kappa shape index (κ3) is 2.32. The molecule has 0 amide bonds. The van der Waals surface area contributed by atoms with Crippen LogP contribution in [-0.4, -0.2) is 15.6 Å². The molecular weight excluding hydrogens is 206 g/mol. The average molecular weight is 223 g/mol. The molecule has 0 aliphatic heterocycles. The highest BCUT2D eigenvalue weighted by Gasteiger charge is 2.15. The lowest BCUT2D eigenvalue weighted by molar-refractivity contribution is 0.0696. The molecule has 0 unspecified atom stereocenters. The van der Waals surface area contributed by atoms with Gasteiger partial charge in [-0.1, -0.05) is 13.8 Å². The van der Waals surface area contributed by atoms with Crippen molar-refractivity contribution < 1.29 is 9.90 Å². The third-order valence-electron chi connectivity index (χ3n) is 2.45. The van der Waals surface area contributed by atoms with Crippen LogP contribution in [0.15, 0.2) is 16.9 Å². The first kappa shape index (κ1) is 12.5. The van der Waals surface area contributed by atoms with Crippen molar-refractivity contribution in [3.63, 3.8) is 0 Å². The van der Waals surface area contributed by atoms with Crippen LogP contribution >= 0.6 is 0 Å². The molecule has 0 aliphatic rings. The van der Waals surface area contributed by atoms with E-state index in [1.165, 1.54) is 6.07 Å². The van der Waals surface area contributed by atoms with Gasteiger partial charge in [-0.3, -0.25) is 4.79 Å². The maximum absolute atomic E-state index is 11.8. The Morgan fingerprint density at radius 2 is 1.81 bits per heavy atom. The largest absolute Gasteiger partial charge is 0.478 e. The Labute approximate surface area is 94.5 Å². The minimum atomic E-state index is -1.06. The van der Waals surface area contributed by atoms with Crippen LogP contribution in [0.1, 0.15) is 55.7 Å². The SMILES string of the molecule is CC(C)c1cc(C(=O)O)cc(=O)n1C(C)C. The van der Waals surface area contributed by atoms with Crippen molar-refractivity contribution >= 4 is 5.97 Å². The molecule has 1 aromatic heterocycles. The highest BCUT2D eigenvalue weighted by molar-refractivity contribution is 5.87. The number of pyridine rings is 1. The van der Waals surface area contributed by atoms with E-state index in [1.54, 1.807) is 10.6 Å². The fourth-order valence-electron chi connectivity index (χ4n) is 1.72. The molecule has 0 saturated carbocycles. The van der Waals surface area contributed by atoms with Crippen molar-refractivity contribution in [2.75, 3.05) is 0 Å². The molecule has 1 heterocycles. The van der Waals surface area contributed by atoms with Crippen LogP contribution in [-0.2, 0) is 0 Å². The molecule has 1 rings (SSSR count). The van der Waals surface area contributed by atoms with Gasteiger partial charge in [-0.2, -0.15) is 0 Å². The Hall–Kier alpha value is -1.58. The summed E-state index contributed by atoms with van der Waals surface area (Å²) in [5.41, 5.74) is 0.573. The van der Waals surface area contributed by atoms with Crippen LogP contribution < -0.4 is 5.56 Å². The minimum Gasteiger partial charge on any atom is -0.478 e. The van der Waals surface area contributed by atoms with Crippen LogP contribution in [0, 0.1) is 0 Å². The molecule has 88 valence electrons. The first-order valence-electron chi connectivity index (χ1n) is 5.34. The second-order valence-corrected chi connectivity index (χ2v) is 4.43. The zero-order valence-corrected chi connectivity index (χ0v) is 10.0.